The Morgan fingerprint density at radius 2 is 2.00 bits per heavy atom. The Morgan fingerprint density at radius 3 is 2.73 bits per heavy atom. The summed E-state index contributed by atoms with van der Waals surface area (Å²) >= 11 is 0. The number of furan rings is 1. The van der Waals surface area contributed by atoms with Gasteiger partial charge in [-0.2, -0.15) is 0 Å². The van der Waals surface area contributed by atoms with Crippen LogP contribution in [0, 0.1) is 6.92 Å². The quantitative estimate of drug-likeness (QED) is 0.632. The number of aromatic amines is 1. The first-order valence-corrected chi connectivity index (χ1v) is 4.96. The predicted octanol–water partition coefficient (Wildman–Crippen LogP) is 3.74. The minimum absolute atomic E-state index is 0.934. The first-order valence-electron chi connectivity index (χ1n) is 4.96. The number of H-pyrrole nitrogens is 1. The lowest BCUT2D eigenvalue weighted by atomic mass is 10.2. The molecule has 0 bridgehead atoms. The molecule has 0 fully saturated rings. The average molecular weight is 197 g/mol. The fourth-order valence-corrected chi connectivity index (χ4v) is 1.81. The number of fused-ring (bicyclic) bond motifs is 1. The van der Waals surface area contributed by atoms with E-state index in [-0.39, 0.29) is 0 Å². The zero-order valence-electron chi connectivity index (χ0n) is 8.45. The second-order valence-electron chi connectivity index (χ2n) is 3.72. The molecule has 1 aromatic carbocycles. The summed E-state index contributed by atoms with van der Waals surface area (Å²) in [4.78, 5) is 3.37. The summed E-state index contributed by atoms with van der Waals surface area (Å²) in [7, 11) is 0. The van der Waals surface area contributed by atoms with Crippen molar-refractivity contribution in [3.8, 4) is 11.3 Å². The molecular weight excluding hydrogens is 186 g/mol. The van der Waals surface area contributed by atoms with Crippen LogP contribution in [0.1, 0.15) is 5.76 Å². The van der Waals surface area contributed by atoms with Crippen LogP contribution in [0.4, 0.5) is 0 Å². The van der Waals surface area contributed by atoms with Crippen LogP contribution in [0.25, 0.3) is 22.2 Å². The standard InChI is InChI=1S/C13H11NO/c1-9-6-11(8-15-9)13-7-10-4-2-3-5-12(10)14-13/h2-8,14H,1H3. The Labute approximate surface area is 87.5 Å². The van der Waals surface area contributed by atoms with E-state index in [0.717, 1.165) is 22.5 Å². The third kappa shape index (κ3) is 1.34. The Balaban J connectivity index is 2.19. The third-order valence-corrected chi connectivity index (χ3v) is 2.57. The van der Waals surface area contributed by atoms with Gasteiger partial charge in [0.1, 0.15) is 5.76 Å². The van der Waals surface area contributed by atoms with E-state index >= 15 is 0 Å². The molecule has 2 heterocycles. The zero-order valence-corrected chi connectivity index (χ0v) is 8.45. The molecule has 0 spiro atoms. The maximum absolute atomic E-state index is 5.29. The predicted molar refractivity (Wildman–Crippen MR) is 60.7 cm³/mol. The minimum atomic E-state index is 0.934. The van der Waals surface area contributed by atoms with E-state index in [9.17, 15) is 0 Å². The first kappa shape index (κ1) is 8.36. The van der Waals surface area contributed by atoms with Gasteiger partial charge in [0.05, 0.1) is 6.26 Å². The molecule has 0 saturated heterocycles. The summed E-state index contributed by atoms with van der Waals surface area (Å²) in [5.74, 6) is 0.934. The van der Waals surface area contributed by atoms with Crippen LogP contribution >= 0.6 is 0 Å². The number of hydrogen-bond donors (Lipinski definition) is 1. The van der Waals surface area contributed by atoms with Crippen LogP contribution < -0.4 is 0 Å². The molecule has 0 saturated carbocycles. The van der Waals surface area contributed by atoms with Crippen LogP contribution in [0.3, 0.4) is 0 Å². The van der Waals surface area contributed by atoms with E-state index in [4.69, 9.17) is 4.42 Å². The van der Waals surface area contributed by atoms with Gasteiger partial charge in [-0.05, 0) is 25.1 Å². The molecule has 15 heavy (non-hydrogen) atoms. The summed E-state index contributed by atoms with van der Waals surface area (Å²) < 4.78 is 5.29. The lowest BCUT2D eigenvalue weighted by Gasteiger charge is -1.87. The van der Waals surface area contributed by atoms with Gasteiger partial charge in [0.2, 0.25) is 0 Å². The number of aryl methyl sites for hydroxylation is 1. The van der Waals surface area contributed by atoms with Crippen molar-refractivity contribution < 1.29 is 4.42 Å². The van der Waals surface area contributed by atoms with Crippen LogP contribution in [0.15, 0.2) is 47.1 Å². The van der Waals surface area contributed by atoms with Gasteiger partial charge in [-0.1, -0.05) is 18.2 Å². The van der Waals surface area contributed by atoms with Gasteiger partial charge in [-0.3, -0.25) is 0 Å². The smallest absolute Gasteiger partial charge is 0.101 e. The van der Waals surface area contributed by atoms with Crippen LogP contribution in [-0.2, 0) is 0 Å². The van der Waals surface area contributed by atoms with Gasteiger partial charge in [-0.25, -0.2) is 0 Å². The molecule has 2 heteroatoms. The van der Waals surface area contributed by atoms with Gasteiger partial charge in [0.25, 0.3) is 0 Å². The first-order chi connectivity index (χ1) is 7.33. The van der Waals surface area contributed by atoms with Gasteiger partial charge < -0.3 is 9.40 Å². The summed E-state index contributed by atoms with van der Waals surface area (Å²) in [5.41, 5.74) is 3.36. The molecule has 0 unspecified atom stereocenters. The molecule has 1 N–H and O–H groups in total. The normalized spacial score (nSPS) is 11.0. The van der Waals surface area contributed by atoms with Crippen molar-refractivity contribution in [2.45, 2.75) is 6.92 Å². The molecule has 0 radical (unpaired) electrons. The Morgan fingerprint density at radius 1 is 1.13 bits per heavy atom. The number of benzene rings is 1. The highest BCUT2D eigenvalue weighted by atomic mass is 16.3. The van der Waals surface area contributed by atoms with Gasteiger partial charge in [0.15, 0.2) is 0 Å². The number of nitrogens with one attached hydrogen (secondary N) is 1. The summed E-state index contributed by atoms with van der Waals surface area (Å²) in [5, 5.41) is 1.23. The second-order valence-corrected chi connectivity index (χ2v) is 3.72. The lowest BCUT2D eigenvalue weighted by Crippen LogP contribution is -1.70. The molecule has 2 aromatic heterocycles. The monoisotopic (exact) mass is 197 g/mol. The Kier molecular flexibility index (Phi) is 1.68. The maximum atomic E-state index is 5.29. The van der Waals surface area contributed by atoms with Crippen LogP contribution in [0.2, 0.25) is 0 Å². The highest BCUT2D eigenvalue weighted by Gasteiger charge is 2.04. The number of aromatic nitrogens is 1. The third-order valence-electron chi connectivity index (χ3n) is 2.57. The molecule has 0 amide bonds. The summed E-state index contributed by atoms with van der Waals surface area (Å²) in [6, 6.07) is 12.4. The number of para-hydroxylation sites is 1. The molecule has 0 atom stereocenters. The molecule has 3 aromatic rings. The second kappa shape index (κ2) is 3.02. The van der Waals surface area contributed by atoms with Crippen LogP contribution in [-0.4, -0.2) is 4.98 Å². The van der Waals surface area contributed by atoms with Crippen molar-refractivity contribution in [2.75, 3.05) is 0 Å². The molecular formula is C13H11NO. The maximum Gasteiger partial charge on any atom is 0.101 e. The van der Waals surface area contributed by atoms with E-state index < -0.39 is 0 Å². The topological polar surface area (TPSA) is 28.9 Å². The van der Waals surface area contributed by atoms with Crippen molar-refractivity contribution in [2.24, 2.45) is 0 Å². The van der Waals surface area contributed by atoms with Gasteiger partial charge >= 0.3 is 0 Å². The van der Waals surface area contributed by atoms with E-state index in [1.807, 2.05) is 25.1 Å². The van der Waals surface area contributed by atoms with Crippen molar-refractivity contribution in [3.05, 3.63) is 48.4 Å². The molecule has 74 valence electrons. The van der Waals surface area contributed by atoms with E-state index in [2.05, 4.69) is 23.2 Å². The summed E-state index contributed by atoms with van der Waals surface area (Å²) in [6.45, 7) is 1.95. The summed E-state index contributed by atoms with van der Waals surface area (Å²) in [6.07, 6.45) is 1.78. The van der Waals surface area contributed by atoms with E-state index in [1.165, 1.54) is 5.39 Å². The molecule has 0 aliphatic rings. The van der Waals surface area contributed by atoms with Crippen molar-refractivity contribution in [1.29, 1.82) is 0 Å². The molecule has 0 aliphatic heterocycles. The van der Waals surface area contributed by atoms with Gasteiger partial charge in [-0.15, -0.1) is 0 Å². The zero-order chi connectivity index (χ0) is 10.3. The lowest BCUT2D eigenvalue weighted by molar-refractivity contribution is 0.535. The molecule has 0 aliphatic carbocycles. The highest BCUT2D eigenvalue weighted by molar-refractivity contribution is 5.85. The minimum Gasteiger partial charge on any atom is -0.469 e. The Bertz CT molecular complexity index is 571. The largest absolute Gasteiger partial charge is 0.469 e. The SMILES string of the molecule is Cc1cc(-c2cc3ccccc3[nH]2)co1. The molecule has 2 nitrogen and oxygen atoms in total. The van der Waals surface area contributed by atoms with Crippen molar-refractivity contribution >= 4 is 10.9 Å². The van der Waals surface area contributed by atoms with Gasteiger partial charge in [0, 0.05) is 22.2 Å². The van der Waals surface area contributed by atoms with Crippen molar-refractivity contribution in [1.82, 2.24) is 4.98 Å². The van der Waals surface area contributed by atoms with Crippen LogP contribution in [0.5, 0.6) is 0 Å². The highest BCUT2D eigenvalue weighted by Crippen LogP contribution is 2.25. The fourth-order valence-electron chi connectivity index (χ4n) is 1.81. The van der Waals surface area contributed by atoms with E-state index in [1.54, 1.807) is 6.26 Å². The number of rotatable bonds is 1. The van der Waals surface area contributed by atoms with Crippen molar-refractivity contribution in [3.63, 3.8) is 0 Å². The number of hydrogen-bond acceptors (Lipinski definition) is 1. The van der Waals surface area contributed by atoms with E-state index in [0.29, 0.717) is 0 Å². The fraction of sp³-hybridized carbons (Fsp3) is 0.0769. The molecule has 3 rings (SSSR count). The Hall–Kier alpha value is -1.96. The average Bonchev–Trinajstić information content (AvgIpc) is 2.82.